The lowest BCUT2D eigenvalue weighted by Crippen LogP contribution is -2.54. The van der Waals surface area contributed by atoms with Gasteiger partial charge in [-0.05, 0) is 74.7 Å². The Hall–Kier alpha value is -3.02. The number of rotatable bonds is 11. The van der Waals surface area contributed by atoms with Crippen LogP contribution in [0.25, 0.3) is 0 Å². The monoisotopic (exact) mass is 540 g/mol. The van der Waals surface area contributed by atoms with E-state index in [2.05, 4.69) is 5.32 Å². The molecular weight excluding hydrogens is 507 g/mol. The molecule has 0 heterocycles. The van der Waals surface area contributed by atoms with Crippen molar-refractivity contribution in [3.8, 4) is 5.75 Å². The Labute approximate surface area is 229 Å². The van der Waals surface area contributed by atoms with Gasteiger partial charge in [0.15, 0.2) is 0 Å². The van der Waals surface area contributed by atoms with E-state index in [9.17, 15) is 9.59 Å². The number of ether oxygens (including phenoxy) is 1. The van der Waals surface area contributed by atoms with E-state index in [4.69, 9.17) is 27.9 Å². The molecule has 0 radical (unpaired) electrons. The maximum absolute atomic E-state index is 13.6. The summed E-state index contributed by atoms with van der Waals surface area (Å²) in [5, 5.41) is 4.33. The number of hydrogen-bond acceptors (Lipinski definition) is 3. The van der Waals surface area contributed by atoms with Crippen molar-refractivity contribution in [3.63, 3.8) is 0 Å². The van der Waals surface area contributed by atoms with Gasteiger partial charge in [-0.3, -0.25) is 9.59 Å². The summed E-state index contributed by atoms with van der Waals surface area (Å²) in [4.78, 5) is 28.8. The maximum Gasteiger partial charge on any atom is 0.243 e. The molecule has 0 aromatic heterocycles. The predicted molar refractivity (Wildman–Crippen MR) is 150 cm³/mol. The molecule has 1 N–H and O–H groups in total. The standard InChI is InChI=1S/C30H34Cl2N2O3/c1-30(2,3)33-29(36)27(20-22-8-5-4-6-9-22)34(21-23-11-13-24(31)14-12-23)28(35)10-7-19-37-26-17-15-25(32)16-18-26/h4-6,8-9,11-18,27H,7,10,19-21H2,1-3H3,(H,33,36)/t27-/m1/s1. The summed E-state index contributed by atoms with van der Waals surface area (Å²) in [6.45, 7) is 6.47. The lowest BCUT2D eigenvalue weighted by atomic mass is 10.00. The average molecular weight is 542 g/mol. The van der Waals surface area contributed by atoms with Crippen molar-refractivity contribution in [1.82, 2.24) is 10.2 Å². The first kappa shape index (κ1) is 28.5. The summed E-state index contributed by atoms with van der Waals surface area (Å²) >= 11 is 12.0. The summed E-state index contributed by atoms with van der Waals surface area (Å²) in [6.07, 6.45) is 1.16. The minimum absolute atomic E-state index is 0.111. The lowest BCUT2D eigenvalue weighted by Gasteiger charge is -2.34. The predicted octanol–water partition coefficient (Wildman–Crippen LogP) is 6.71. The van der Waals surface area contributed by atoms with Crippen molar-refractivity contribution in [3.05, 3.63) is 100 Å². The third-order valence-electron chi connectivity index (χ3n) is 5.65. The topological polar surface area (TPSA) is 58.6 Å². The molecule has 3 aromatic carbocycles. The molecule has 3 rings (SSSR count). The van der Waals surface area contributed by atoms with Crippen molar-refractivity contribution >= 4 is 35.0 Å². The van der Waals surface area contributed by atoms with Gasteiger partial charge < -0.3 is 15.0 Å². The number of halogens is 2. The van der Waals surface area contributed by atoms with Gasteiger partial charge in [-0.15, -0.1) is 0 Å². The van der Waals surface area contributed by atoms with Crippen molar-refractivity contribution in [1.29, 1.82) is 0 Å². The molecule has 5 nitrogen and oxygen atoms in total. The van der Waals surface area contributed by atoms with Crippen LogP contribution in [0.2, 0.25) is 10.0 Å². The third-order valence-corrected chi connectivity index (χ3v) is 6.16. The van der Waals surface area contributed by atoms with Crippen LogP contribution in [0.5, 0.6) is 5.75 Å². The minimum Gasteiger partial charge on any atom is -0.494 e. The van der Waals surface area contributed by atoms with Gasteiger partial charge in [0.2, 0.25) is 11.8 Å². The molecular formula is C30H34Cl2N2O3. The molecule has 0 fully saturated rings. The molecule has 196 valence electrons. The van der Waals surface area contributed by atoms with E-state index < -0.39 is 11.6 Å². The highest BCUT2D eigenvalue weighted by Gasteiger charge is 2.32. The minimum atomic E-state index is -0.679. The summed E-state index contributed by atoms with van der Waals surface area (Å²) in [6, 6.07) is 23.5. The van der Waals surface area contributed by atoms with Gasteiger partial charge in [-0.25, -0.2) is 0 Å². The van der Waals surface area contributed by atoms with E-state index in [0.29, 0.717) is 41.8 Å². The number of hydrogen-bond donors (Lipinski definition) is 1. The Kier molecular flexibility index (Phi) is 10.4. The molecule has 3 aromatic rings. The van der Waals surface area contributed by atoms with Crippen LogP contribution in [0.15, 0.2) is 78.9 Å². The SMILES string of the molecule is CC(C)(C)NC(=O)[C@@H](Cc1ccccc1)N(Cc1ccc(Cl)cc1)C(=O)CCCOc1ccc(Cl)cc1. The summed E-state index contributed by atoms with van der Waals surface area (Å²) in [7, 11) is 0. The smallest absolute Gasteiger partial charge is 0.243 e. The highest BCUT2D eigenvalue weighted by Crippen LogP contribution is 2.20. The van der Waals surface area contributed by atoms with Gasteiger partial charge in [0.05, 0.1) is 6.61 Å². The van der Waals surface area contributed by atoms with Gasteiger partial charge in [0.25, 0.3) is 0 Å². The van der Waals surface area contributed by atoms with Gasteiger partial charge in [0, 0.05) is 35.0 Å². The number of amides is 2. The number of carbonyl (C=O) groups excluding carboxylic acids is 2. The Morgan fingerprint density at radius 1 is 0.865 bits per heavy atom. The van der Waals surface area contributed by atoms with E-state index in [1.165, 1.54) is 0 Å². The van der Waals surface area contributed by atoms with Crippen LogP contribution >= 0.6 is 23.2 Å². The second-order valence-corrected chi connectivity index (χ2v) is 10.9. The molecule has 37 heavy (non-hydrogen) atoms. The highest BCUT2D eigenvalue weighted by atomic mass is 35.5. The van der Waals surface area contributed by atoms with E-state index in [1.807, 2.05) is 63.2 Å². The molecule has 0 aliphatic carbocycles. The van der Waals surface area contributed by atoms with E-state index in [0.717, 1.165) is 11.1 Å². The van der Waals surface area contributed by atoms with Crippen LogP contribution in [-0.4, -0.2) is 34.9 Å². The fourth-order valence-electron chi connectivity index (χ4n) is 3.88. The first-order valence-electron chi connectivity index (χ1n) is 12.4. The summed E-state index contributed by atoms with van der Waals surface area (Å²) in [5.74, 6) is 0.400. The van der Waals surface area contributed by atoms with Crippen LogP contribution < -0.4 is 10.1 Å². The molecule has 0 aliphatic rings. The third kappa shape index (κ3) is 9.75. The first-order chi connectivity index (χ1) is 17.6. The van der Waals surface area contributed by atoms with Crippen molar-refractivity contribution < 1.29 is 14.3 Å². The molecule has 0 bridgehead atoms. The van der Waals surface area contributed by atoms with Crippen molar-refractivity contribution in [2.75, 3.05) is 6.61 Å². The van der Waals surface area contributed by atoms with Crippen LogP contribution in [0.4, 0.5) is 0 Å². The Bertz CT molecular complexity index is 1140. The molecule has 0 spiro atoms. The molecule has 0 saturated heterocycles. The van der Waals surface area contributed by atoms with Crippen LogP contribution in [0.1, 0.15) is 44.7 Å². The highest BCUT2D eigenvalue weighted by molar-refractivity contribution is 6.30. The number of nitrogens with zero attached hydrogens (tertiary/aromatic N) is 1. The Morgan fingerprint density at radius 2 is 1.46 bits per heavy atom. The second-order valence-electron chi connectivity index (χ2n) is 10.00. The fraction of sp³-hybridized carbons (Fsp3) is 0.333. The first-order valence-corrected chi connectivity index (χ1v) is 13.1. The van der Waals surface area contributed by atoms with Gasteiger partial charge in [0.1, 0.15) is 11.8 Å². The lowest BCUT2D eigenvalue weighted by molar-refractivity contribution is -0.142. The number of benzene rings is 3. The zero-order chi connectivity index (χ0) is 26.8. The summed E-state index contributed by atoms with van der Waals surface area (Å²) < 4.78 is 5.77. The van der Waals surface area contributed by atoms with Gasteiger partial charge >= 0.3 is 0 Å². The summed E-state index contributed by atoms with van der Waals surface area (Å²) in [5.41, 5.74) is 1.45. The van der Waals surface area contributed by atoms with Crippen LogP contribution in [0.3, 0.4) is 0 Å². The van der Waals surface area contributed by atoms with Gasteiger partial charge in [-0.2, -0.15) is 0 Å². The molecule has 2 amide bonds. The zero-order valence-corrected chi connectivity index (χ0v) is 23.1. The van der Waals surface area contributed by atoms with Gasteiger partial charge in [-0.1, -0.05) is 65.7 Å². The molecule has 7 heteroatoms. The normalized spacial score (nSPS) is 12.0. The molecule has 0 saturated carbocycles. The zero-order valence-electron chi connectivity index (χ0n) is 21.5. The maximum atomic E-state index is 13.6. The fourth-order valence-corrected chi connectivity index (χ4v) is 4.13. The second kappa shape index (κ2) is 13.5. The molecule has 1 atom stereocenters. The van der Waals surface area contributed by atoms with E-state index in [-0.39, 0.29) is 18.2 Å². The number of carbonyl (C=O) groups is 2. The Balaban J connectivity index is 1.80. The number of nitrogens with one attached hydrogen (secondary N) is 1. The quantitative estimate of drug-likeness (QED) is 0.275. The molecule has 0 aliphatic heterocycles. The van der Waals surface area contributed by atoms with Crippen molar-refractivity contribution in [2.45, 2.75) is 58.2 Å². The largest absolute Gasteiger partial charge is 0.494 e. The van der Waals surface area contributed by atoms with Crippen LogP contribution in [-0.2, 0) is 22.6 Å². The van der Waals surface area contributed by atoms with E-state index >= 15 is 0 Å². The van der Waals surface area contributed by atoms with Crippen LogP contribution in [0, 0.1) is 0 Å². The molecule has 0 unspecified atom stereocenters. The van der Waals surface area contributed by atoms with E-state index in [1.54, 1.807) is 41.3 Å². The average Bonchev–Trinajstić information content (AvgIpc) is 2.85. The van der Waals surface area contributed by atoms with Crippen molar-refractivity contribution in [2.24, 2.45) is 0 Å². The Morgan fingerprint density at radius 3 is 2.05 bits per heavy atom.